The van der Waals surface area contributed by atoms with E-state index in [9.17, 15) is 9.59 Å². The van der Waals surface area contributed by atoms with E-state index < -0.39 is 11.6 Å². The molecule has 4 nitrogen and oxygen atoms in total. The topological polar surface area (TPSA) is 67.5 Å². The zero-order valence-electron chi connectivity index (χ0n) is 8.27. The molecule has 2 rings (SSSR count). The number of fused-ring (bicyclic) bond motifs is 1. The van der Waals surface area contributed by atoms with Crippen LogP contribution in [-0.4, -0.2) is 11.1 Å². The zero-order chi connectivity index (χ0) is 11.7. The maximum absolute atomic E-state index is 11.0. The van der Waals surface area contributed by atoms with Crippen LogP contribution >= 0.6 is 0 Å². The Hall–Kier alpha value is -2.36. The lowest BCUT2D eigenvalue weighted by Crippen LogP contribution is -1.99. The van der Waals surface area contributed by atoms with Crippen molar-refractivity contribution in [3.05, 3.63) is 52.9 Å². The van der Waals surface area contributed by atoms with E-state index in [-0.39, 0.29) is 5.57 Å². The Morgan fingerprint density at radius 3 is 2.62 bits per heavy atom. The summed E-state index contributed by atoms with van der Waals surface area (Å²) in [5.74, 6) is -1.10. The largest absolute Gasteiger partial charge is 0.478 e. The van der Waals surface area contributed by atoms with Gasteiger partial charge in [-0.15, -0.1) is 0 Å². The average Bonchev–Trinajstić information content (AvgIpc) is 2.26. The van der Waals surface area contributed by atoms with Crippen LogP contribution in [0.5, 0.6) is 0 Å². The Labute approximate surface area is 90.4 Å². The van der Waals surface area contributed by atoms with Crippen LogP contribution in [0.2, 0.25) is 0 Å². The van der Waals surface area contributed by atoms with E-state index in [0.717, 1.165) is 5.39 Å². The van der Waals surface area contributed by atoms with Gasteiger partial charge in [0.2, 0.25) is 0 Å². The summed E-state index contributed by atoms with van der Waals surface area (Å²) >= 11 is 0. The molecule has 80 valence electrons. The lowest BCUT2D eigenvalue weighted by Gasteiger charge is -2.01. The van der Waals surface area contributed by atoms with Gasteiger partial charge < -0.3 is 9.52 Å². The first kappa shape index (κ1) is 10.2. The molecule has 0 unspecified atom stereocenters. The summed E-state index contributed by atoms with van der Waals surface area (Å²) in [6, 6.07) is 7.73. The lowest BCUT2D eigenvalue weighted by atomic mass is 10.1. The highest BCUT2D eigenvalue weighted by atomic mass is 16.4. The van der Waals surface area contributed by atoms with Gasteiger partial charge in [0.05, 0.1) is 5.57 Å². The highest BCUT2D eigenvalue weighted by Crippen LogP contribution is 2.19. The number of carboxylic acids is 1. The molecule has 0 saturated heterocycles. The van der Waals surface area contributed by atoms with Crippen molar-refractivity contribution in [1.82, 2.24) is 0 Å². The van der Waals surface area contributed by atoms with E-state index in [2.05, 4.69) is 6.58 Å². The molecule has 1 aromatic heterocycles. The lowest BCUT2D eigenvalue weighted by molar-refractivity contribution is -0.130. The van der Waals surface area contributed by atoms with E-state index in [1.54, 1.807) is 18.2 Å². The molecule has 0 fully saturated rings. The molecule has 0 aliphatic rings. The molecule has 0 aliphatic carbocycles. The third kappa shape index (κ3) is 1.72. The summed E-state index contributed by atoms with van der Waals surface area (Å²) in [5.41, 5.74) is 0.278. The smallest absolute Gasteiger partial charge is 0.336 e. The quantitative estimate of drug-likeness (QED) is 0.614. The molecule has 0 spiro atoms. The van der Waals surface area contributed by atoms with Gasteiger partial charge in [0.15, 0.2) is 0 Å². The van der Waals surface area contributed by atoms with Crippen molar-refractivity contribution in [2.45, 2.75) is 0 Å². The molecule has 0 radical (unpaired) electrons. The first-order valence-electron chi connectivity index (χ1n) is 4.54. The third-order valence-corrected chi connectivity index (χ3v) is 2.23. The molecule has 1 heterocycles. The van der Waals surface area contributed by atoms with Crippen LogP contribution in [0.25, 0.3) is 16.5 Å². The molecule has 0 bridgehead atoms. The number of rotatable bonds is 2. The van der Waals surface area contributed by atoms with Gasteiger partial charge >= 0.3 is 11.6 Å². The highest BCUT2D eigenvalue weighted by Gasteiger charge is 2.08. The van der Waals surface area contributed by atoms with Gasteiger partial charge in [-0.05, 0) is 17.7 Å². The second-order valence-electron chi connectivity index (χ2n) is 3.29. The molecule has 2 aromatic rings. The first-order valence-corrected chi connectivity index (χ1v) is 4.54. The summed E-state index contributed by atoms with van der Waals surface area (Å²) in [4.78, 5) is 21.7. The van der Waals surface area contributed by atoms with Gasteiger partial charge in [0.25, 0.3) is 0 Å². The Morgan fingerprint density at radius 1 is 1.25 bits per heavy atom. The summed E-state index contributed by atoms with van der Waals surface area (Å²) in [6.45, 7) is 3.43. The molecular weight excluding hydrogens is 208 g/mol. The fraction of sp³-hybridized carbons (Fsp3) is 0. The summed E-state index contributed by atoms with van der Waals surface area (Å²) in [7, 11) is 0. The number of carbonyl (C=O) groups is 1. The third-order valence-electron chi connectivity index (χ3n) is 2.23. The van der Waals surface area contributed by atoms with E-state index in [4.69, 9.17) is 9.52 Å². The Balaban J connectivity index is 2.63. The van der Waals surface area contributed by atoms with Crippen LogP contribution in [0.1, 0.15) is 5.56 Å². The van der Waals surface area contributed by atoms with E-state index >= 15 is 0 Å². The molecular formula is C12H8O4. The molecule has 0 saturated carbocycles. The fourth-order valence-corrected chi connectivity index (χ4v) is 1.37. The minimum absolute atomic E-state index is 0.0339. The number of carboxylic acid groups (broad SMARTS) is 1. The molecule has 0 atom stereocenters. The predicted octanol–water partition coefficient (Wildman–Crippen LogP) is 1.89. The molecule has 1 aromatic carbocycles. The van der Waals surface area contributed by atoms with Crippen molar-refractivity contribution in [2.24, 2.45) is 0 Å². The van der Waals surface area contributed by atoms with Crippen molar-refractivity contribution >= 4 is 22.5 Å². The van der Waals surface area contributed by atoms with E-state index in [0.29, 0.717) is 11.1 Å². The normalized spacial score (nSPS) is 10.2. The fourth-order valence-electron chi connectivity index (χ4n) is 1.37. The van der Waals surface area contributed by atoms with Crippen LogP contribution in [0.15, 0.2) is 46.1 Å². The van der Waals surface area contributed by atoms with Gasteiger partial charge in [-0.3, -0.25) is 0 Å². The van der Waals surface area contributed by atoms with Crippen molar-refractivity contribution in [1.29, 1.82) is 0 Å². The van der Waals surface area contributed by atoms with Gasteiger partial charge in [-0.25, -0.2) is 9.59 Å². The zero-order valence-corrected chi connectivity index (χ0v) is 8.27. The summed E-state index contributed by atoms with van der Waals surface area (Å²) in [6.07, 6.45) is 0. The SMILES string of the molecule is C=C(C(=O)O)c1ccc2ccc(=O)oc2c1. The number of hydrogen-bond acceptors (Lipinski definition) is 3. The molecule has 16 heavy (non-hydrogen) atoms. The van der Waals surface area contributed by atoms with Crippen LogP contribution < -0.4 is 5.63 Å². The molecule has 1 N–H and O–H groups in total. The number of benzene rings is 1. The number of hydrogen-bond donors (Lipinski definition) is 1. The van der Waals surface area contributed by atoms with Crippen LogP contribution in [0.3, 0.4) is 0 Å². The van der Waals surface area contributed by atoms with Crippen LogP contribution in [-0.2, 0) is 4.79 Å². The minimum atomic E-state index is -1.10. The monoisotopic (exact) mass is 216 g/mol. The van der Waals surface area contributed by atoms with Crippen molar-refractivity contribution < 1.29 is 14.3 Å². The first-order chi connectivity index (χ1) is 7.58. The van der Waals surface area contributed by atoms with Crippen molar-refractivity contribution in [2.75, 3.05) is 0 Å². The van der Waals surface area contributed by atoms with Gasteiger partial charge in [-0.1, -0.05) is 18.7 Å². The van der Waals surface area contributed by atoms with Crippen molar-refractivity contribution in [3.8, 4) is 0 Å². The minimum Gasteiger partial charge on any atom is -0.478 e. The maximum Gasteiger partial charge on any atom is 0.336 e. The van der Waals surface area contributed by atoms with E-state index in [1.807, 2.05) is 0 Å². The van der Waals surface area contributed by atoms with Gasteiger partial charge in [-0.2, -0.15) is 0 Å². The second-order valence-corrected chi connectivity index (χ2v) is 3.29. The average molecular weight is 216 g/mol. The van der Waals surface area contributed by atoms with Crippen LogP contribution in [0.4, 0.5) is 0 Å². The van der Waals surface area contributed by atoms with Crippen LogP contribution in [0, 0.1) is 0 Å². The Bertz CT molecular complexity index is 637. The molecule has 0 aliphatic heterocycles. The Morgan fingerprint density at radius 2 is 1.94 bits per heavy atom. The number of aliphatic carboxylic acids is 1. The van der Waals surface area contributed by atoms with Crippen molar-refractivity contribution in [3.63, 3.8) is 0 Å². The summed E-state index contributed by atoms with van der Waals surface area (Å²) in [5, 5.41) is 9.51. The van der Waals surface area contributed by atoms with Gasteiger partial charge in [0, 0.05) is 11.5 Å². The Kier molecular flexibility index (Phi) is 2.32. The van der Waals surface area contributed by atoms with Gasteiger partial charge in [0.1, 0.15) is 5.58 Å². The standard InChI is InChI=1S/C12H8O4/c1-7(12(14)15)9-3-2-8-4-5-11(13)16-10(8)6-9/h2-6H,1H2,(H,14,15). The summed E-state index contributed by atoms with van der Waals surface area (Å²) < 4.78 is 4.94. The second kappa shape index (κ2) is 3.66. The molecule has 4 heteroatoms. The van der Waals surface area contributed by atoms with E-state index in [1.165, 1.54) is 12.1 Å². The predicted molar refractivity (Wildman–Crippen MR) is 59.2 cm³/mol. The maximum atomic E-state index is 11.0. The highest BCUT2D eigenvalue weighted by molar-refractivity contribution is 6.15. The molecule has 0 amide bonds.